The summed E-state index contributed by atoms with van der Waals surface area (Å²) in [4.78, 5) is 19.7. The van der Waals surface area contributed by atoms with Gasteiger partial charge in [0.1, 0.15) is 0 Å². The van der Waals surface area contributed by atoms with Gasteiger partial charge in [-0.15, -0.1) is 0 Å². The van der Waals surface area contributed by atoms with Crippen LogP contribution in [0.15, 0.2) is 60.0 Å². The van der Waals surface area contributed by atoms with Crippen molar-refractivity contribution in [2.24, 2.45) is 5.10 Å². The molecule has 2 heterocycles. The van der Waals surface area contributed by atoms with Crippen molar-refractivity contribution in [3.63, 3.8) is 0 Å². The second-order valence-electron chi connectivity index (χ2n) is 6.18. The van der Waals surface area contributed by atoms with Crippen molar-refractivity contribution >= 4 is 34.1 Å². The van der Waals surface area contributed by atoms with Crippen LogP contribution in [0.25, 0.3) is 21.9 Å². The fourth-order valence-electron chi connectivity index (χ4n) is 3.10. The van der Waals surface area contributed by atoms with E-state index in [4.69, 9.17) is 0 Å². The topological polar surface area (TPSA) is 75.1 Å². The van der Waals surface area contributed by atoms with Gasteiger partial charge in [-0.25, -0.2) is 10.4 Å². The number of hydrogen-bond donors (Lipinski definition) is 2. The third-order valence-corrected chi connectivity index (χ3v) is 4.43. The predicted octanol–water partition coefficient (Wildman–Crippen LogP) is 3.37. The van der Waals surface area contributed by atoms with Crippen LogP contribution in [0, 0.1) is 6.92 Å². The zero-order chi connectivity index (χ0) is 17.9. The van der Waals surface area contributed by atoms with Crippen LogP contribution in [-0.4, -0.2) is 26.7 Å². The van der Waals surface area contributed by atoms with E-state index in [9.17, 15) is 4.79 Å². The van der Waals surface area contributed by atoms with Gasteiger partial charge in [-0.3, -0.25) is 4.79 Å². The van der Waals surface area contributed by atoms with Gasteiger partial charge in [0, 0.05) is 35.1 Å². The summed E-state index contributed by atoms with van der Waals surface area (Å²) < 4.78 is 1.97. The molecule has 0 fully saturated rings. The van der Waals surface area contributed by atoms with Gasteiger partial charge in [-0.05, 0) is 25.1 Å². The first-order valence-corrected chi connectivity index (χ1v) is 8.51. The van der Waals surface area contributed by atoms with E-state index < -0.39 is 0 Å². The number of nitrogens with zero attached hydrogens (tertiary/aromatic N) is 3. The monoisotopic (exact) mass is 345 g/mol. The highest BCUT2D eigenvalue weighted by Gasteiger charge is 2.07. The molecule has 0 unspecified atom stereocenters. The first-order chi connectivity index (χ1) is 12.7. The summed E-state index contributed by atoms with van der Waals surface area (Å²) in [5, 5.41) is 5.21. The summed E-state index contributed by atoms with van der Waals surface area (Å²) in [6, 6.07) is 15.9. The Hall–Kier alpha value is -3.41. The van der Waals surface area contributed by atoms with Gasteiger partial charge in [0.05, 0.1) is 23.6 Å². The van der Waals surface area contributed by atoms with Crippen molar-refractivity contribution in [1.82, 2.24) is 20.0 Å². The Morgan fingerprint density at radius 1 is 1.23 bits per heavy atom. The molecule has 0 bridgehead atoms. The Balaban J connectivity index is 1.39. The fourth-order valence-corrected chi connectivity index (χ4v) is 3.10. The minimum absolute atomic E-state index is 0.128. The van der Waals surface area contributed by atoms with E-state index in [0.29, 0.717) is 13.0 Å². The molecule has 0 saturated carbocycles. The van der Waals surface area contributed by atoms with E-state index in [1.165, 1.54) is 0 Å². The molecule has 0 saturated heterocycles. The van der Waals surface area contributed by atoms with Crippen LogP contribution in [0.4, 0.5) is 0 Å². The number of amides is 1. The third-order valence-electron chi connectivity index (χ3n) is 4.43. The molecule has 0 spiro atoms. The van der Waals surface area contributed by atoms with E-state index in [0.717, 1.165) is 33.2 Å². The molecule has 4 rings (SSSR count). The first kappa shape index (κ1) is 16.1. The summed E-state index contributed by atoms with van der Waals surface area (Å²) in [5.41, 5.74) is 7.63. The lowest BCUT2D eigenvalue weighted by molar-refractivity contribution is -0.121. The Morgan fingerprint density at radius 3 is 2.96 bits per heavy atom. The van der Waals surface area contributed by atoms with Crippen LogP contribution in [0.2, 0.25) is 0 Å². The van der Waals surface area contributed by atoms with Crippen molar-refractivity contribution in [2.45, 2.75) is 19.9 Å². The predicted molar refractivity (Wildman–Crippen MR) is 103 cm³/mol. The number of hydrogen-bond acceptors (Lipinski definition) is 3. The lowest BCUT2D eigenvalue weighted by atomic mass is 10.1. The molecule has 6 nitrogen and oxygen atoms in total. The Kier molecular flexibility index (Phi) is 4.23. The molecule has 1 amide bonds. The molecule has 26 heavy (non-hydrogen) atoms. The maximum absolute atomic E-state index is 12.1. The number of aromatic amines is 1. The van der Waals surface area contributed by atoms with Crippen molar-refractivity contribution in [1.29, 1.82) is 0 Å². The molecule has 130 valence electrons. The summed E-state index contributed by atoms with van der Waals surface area (Å²) in [7, 11) is 0. The number of para-hydroxylation sites is 3. The molecule has 2 N–H and O–H groups in total. The molecule has 0 aliphatic rings. The second kappa shape index (κ2) is 6.84. The van der Waals surface area contributed by atoms with Gasteiger partial charge in [0.25, 0.3) is 0 Å². The number of imidazole rings is 1. The Morgan fingerprint density at radius 2 is 2.04 bits per heavy atom. The van der Waals surface area contributed by atoms with Gasteiger partial charge in [0.15, 0.2) is 0 Å². The number of hydrazone groups is 1. The van der Waals surface area contributed by atoms with Gasteiger partial charge in [-0.2, -0.15) is 5.10 Å². The summed E-state index contributed by atoms with van der Waals surface area (Å²) in [6.07, 6.45) is 3.79. The molecule has 2 aromatic carbocycles. The lowest BCUT2D eigenvalue weighted by Crippen LogP contribution is -2.19. The molecular weight excluding hydrogens is 326 g/mol. The van der Waals surface area contributed by atoms with E-state index >= 15 is 0 Å². The maximum Gasteiger partial charge on any atom is 0.241 e. The molecule has 6 heteroatoms. The van der Waals surface area contributed by atoms with Gasteiger partial charge in [0.2, 0.25) is 5.91 Å². The highest BCUT2D eigenvalue weighted by Crippen LogP contribution is 2.19. The van der Waals surface area contributed by atoms with Crippen LogP contribution in [0.3, 0.4) is 0 Å². The number of carbonyl (C=O) groups excluding carboxylic acids is 1. The SMILES string of the molecule is Cc1[nH]c2ccccc2c1/C=N\NC(=O)CCn1cnc2ccccc21. The van der Waals surface area contributed by atoms with Gasteiger partial charge < -0.3 is 9.55 Å². The quantitative estimate of drug-likeness (QED) is 0.430. The van der Waals surface area contributed by atoms with E-state index in [2.05, 4.69) is 20.5 Å². The fraction of sp³-hybridized carbons (Fsp3) is 0.150. The van der Waals surface area contributed by atoms with Crippen molar-refractivity contribution in [3.05, 3.63) is 66.1 Å². The summed E-state index contributed by atoms with van der Waals surface area (Å²) in [5.74, 6) is -0.128. The molecule has 0 aliphatic heterocycles. The molecule has 4 aromatic rings. The van der Waals surface area contributed by atoms with Crippen LogP contribution in [0.5, 0.6) is 0 Å². The molecule has 0 atom stereocenters. The minimum Gasteiger partial charge on any atom is -0.358 e. The standard InChI is InChI=1S/C20H19N5O/c1-14-16(15-6-2-3-7-17(15)23-14)12-22-24-20(26)10-11-25-13-21-18-8-4-5-9-19(18)25/h2-9,12-13,23H,10-11H2,1H3,(H,24,26)/b22-12-. The van der Waals surface area contributed by atoms with Crippen molar-refractivity contribution in [2.75, 3.05) is 0 Å². The highest BCUT2D eigenvalue weighted by molar-refractivity contribution is 6.00. The maximum atomic E-state index is 12.1. The normalized spacial score (nSPS) is 11.6. The zero-order valence-electron chi connectivity index (χ0n) is 14.4. The zero-order valence-corrected chi connectivity index (χ0v) is 14.4. The number of fused-ring (bicyclic) bond motifs is 2. The van der Waals surface area contributed by atoms with Crippen LogP contribution < -0.4 is 5.43 Å². The van der Waals surface area contributed by atoms with E-state index in [-0.39, 0.29) is 5.91 Å². The Bertz CT molecular complexity index is 1110. The molecule has 0 radical (unpaired) electrons. The highest BCUT2D eigenvalue weighted by atomic mass is 16.2. The number of nitrogens with one attached hydrogen (secondary N) is 2. The van der Waals surface area contributed by atoms with Crippen molar-refractivity contribution in [3.8, 4) is 0 Å². The number of aryl methyl sites for hydroxylation is 2. The third kappa shape index (κ3) is 3.09. The number of aromatic nitrogens is 3. The molecule has 0 aliphatic carbocycles. The average Bonchev–Trinajstić information content (AvgIpc) is 3.21. The lowest BCUT2D eigenvalue weighted by Gasteiger charge is -2.03. The molecule has 2 aromatic heterocycles. The minimum atomic E-state index is -0.128. The van der Waals surface area contributed by atoms with Gasteiger partial charge in [-0.1, -0.05) is 30.3 Å². The summed E-state index contributed by atoms with van der Waals surface area (Å²) >= 11 is 0. The number of carbonyl (C=O) groups is 1. The van der Waals surface area contributed by atoms with Crippen LogP contribution >= 0.6 is 0 Å². The summed E-state index contributed by atoms with van der Waals surface area (Å²) in [6.45, 7) is 2.56. The number of benzene rings is 2. The average molecular weight is 345 g/mol. The second-order valence-corrected chi connectivity index (χ2v) is 6.18. The van der Waals surface area contributed by atoms with Crippen LogP contribution in [0.1, 0.15) is 17.7 Å². The Labute approximate surface area is 150 Å². The smallest absolute Gasteiger partial charge is 0.241 e. The first-order valence-electron chi connectivity index (χ1n) is 8.51. The van der Waals surface area contributed by atoms with Crippen molar-refractivity contribution < 1.29 is 4.79 Å². The molecular formula is C20H19N5O. The van der Waals surface area contributed by atoms with E-state index in [1.54, 1.807) is 12.5 Å². The van der Waals surface area contributed by atoms with E-state index in [1.807, 2.05) is 60.0 Å². The van der Waals surface area contributed by atoms with Crippen LogP contribution in [-0.2, 0) is 11.3 Å². The van der Waals surface area contributed by atoms with Gasteiger partial charge >= 0.3 is 0 Å². The largest absolute Gasteiger partial charge is 0.358 e. The number of rotatable bonds is 5. The number of H-pyrrole nitrogens is 1.